The van der Waals surface area contributed by atoms with Crippen molar-refractivity contribution in [3.8, 4) is 11.3 Å². The first-order chi connectivity index (χ1) is 19.6. The van der Waals surface area contributed by atoms with Crippen molar-refractivity contribution in [1.82, 2.24) is 29.9 Å². The minimum Gasteiger partial charge on any atom is -0.302 e. The summed E-state index contributed by atoms with van der Waals surface area (Å²) in [5.74, 6) is -0.348. The van der Waals surface area contributed by atoms with Gasteiger partial charge in [-0.1, -0.05) is 17.7 Å². The van der Waals surface area contributed by atoms with E-state index in [1.54, 1.807) is 11.1 Å². The van der Waals surface area contributed by atoms with E-state index in [1.165, 1.54) is 17.9 Å². The van der Waals surface area contributed by atoms with Crippen molar-refractivity contribution >= 4 is 35.1 Å². The zero-order valence-corrected chi connectivity index (χ0v) is 22.5. The van der Waals surface area contributed by atoms with Crippen LogP contribution in [-0.2, 0) is 11.3 Å². The standard InChI is InChI=1S/C27H22ClF3N8O2/c1-12-5-14(7-33-25(12)38-11-15-6-17(15)27(38)41)10-39-34-9-20(37-39)36-26(40)23-13(2)32-8-19(35-23)21-16(24(30)31)3-4-18(28)22(21)29/h3-5,7-9,15,17,24H,6,10-11H2,1-2H3,(H,36,37,40)/t15-,17-/m1/s1. The van der Waals surface area contributed by atoms with Gasteiger partial charge in [-0.3, -0.25) is 19.5 Å². The number of fused-ring (bicyclic) bond motifs is 1. The van der Waals surface area contributed by atoms with Gasteiger partial charge < -0.3 is 5.32 Å². The molecule has 6 rings (SSSR count). The summed E-state index contributed by atoms with van der Waals surface area (Å²) >= 11 is 5.82. The van der Waals surface area contributed by atoms with Gasteiger partial charge in [0.2, 0.25) is 5.91 Å². The first kappa shape index (κ1) is 26.8. The maximum absolute atomic E-state index is 14.8. The number of nitrogens with one attached hydrogen (secondary N) is 1. The highest BCUT2D eigenvalue weighted by atomic mass is 35.5. The molecule has 2 amide bonds. The summed E-state index contributed by atoms with van der Waals surface area (Å²) in [6.07, 6.45) is 2.06. The van der Waals surface area contributed by atoms with Crippen LogP contribution >= 0.6 is 11.6 Å². The zero-order chi connectivity index (χ0) is 29.0. The molecule has 1 saturated heterocycles. The molecule has 4 heterocycles. The second-order valence-corrected chi connectivity index (χ2v) is 10.5. The monoisotopic (exact) mass is 582 g/mol. The van der Waals surface area contributed by atoms with Crippen LogP contribution in [0.4, 0.5) is 24.8 Å². The predicted molar refractivity (Wildman–Crippen MR) is 142 cm³/mol. The summed E-state index contributed by atoms with van der Waals surface area (Å²) < 4.78 is 41.9. The van der Waals surface area contributed by atoms with Gasteiger partial charge in [0.05, 0.1) is 35.3 Å². The number of aromatic nitrogens is 6. The average molecular weight is 583 g/mol. The maximum Gasteiger partial charge on any atom is 0.277 e. The number of hydrogen-bond acceptors (Lipinski definition) is 7. The predicted octanol–water partition coefficient (Wildman–Crippen LogP) is 4.76. The van der Waals surface area contributed by atoms with Gasteiger partial charge in [-0.15, -0.1) is 5.10 Å². The molecule has 0 spiro atoms. The summed E-state index contributed by atoms with van der Waals surface area (Å²) in [4.78, 5) is 41.2. The van der Waals surface area contributed by atoms with E-state index in [4.69, 9.17) is 11.6 Å². The number of nitrogens with zero attached hydrogens (tertiary/aromatic N) is 7. The highest BCUT2D eigenvalue weighted by molar-refractivity contribution is 6.31. The molecule has 1 aliphatic heterocycles. The highest BCUT2D eigenvalue weighted by Gasteiger charge is 2.53. The van der Waals surface area contributed by atoms with Gasteiger partial charge in [-0.05, 0) is 49.4 Å². The van der Waals surface area contributed by atoms with Crippen LogP contribution in [0.2, 0.25) is 5.02 Å². The lowest BCUT2D eigenvalue weighted by atomic mass is 10.0. The largest absolute Gasteiger partial charge is 0.302 e. The van der Waals surface area contributed by atoms with Gasteiger partial charge in [0, 0.05) is 29.8 Å². The van der Waals surface area contributed by atoms with Gasteiger partial charge in [0.1, 0.15) is 11.5 Å². The number of carbonyl (C=O) groups is 2. The van der Waals surface area contributed by atoms with Crippen LogP contribution in [0.25, 0.3) is 11.3 Å². The molecule has 2 atom stereocenters. The number of anilines is 2. The lowest BCUT2D eigenvalue weighted by Gasteiger charge is -2.19. The average Bonchev–Trinajstić information content (AvgIpc) is 3.46. The molecule has 10 nitrogen and oxygen atoms in total. The molecule has 0 bridgehead atoms. The highest BCUT2D eigenvalue weighted by Crippen LogP contribution is 2.47. The molecule has 1 aromatic carbocycles. The third kappa shape index (κ3) is 5.01. The number of hydrogen-bond donors (Lipinski definition) is 1. The fourth-order valence-corrected chi connectivity index (χ4v) is 5.18. The lowest BCUT2D eigenvalue weighted by molar-refractivity contribution is -0.118. The number of aryl methyl sites for hydroxylation is 2. The number of amides is 2. The van der Waals surface area contributed by atoms with Gasteiger partial charge in [0.25, 0.3) is 12.3 Å². The van der Waals surface area contributed by atoms with Gasteiger partial charge >= 0.3 is 0 Å². The van der Waals surface area contributed by atoms with Crippen molar-refractivity contribution in [3.05, 3.63) is 75.7 Å². The van der Waals surface area contributed by atoms with E-state index in [1.807, 2.05) is 13.0 Å². The van der Waals surface area contributed by atoms with Crippen LogP contribution in [0.1, 0.15) is 45.7 Å². The van der Waals surface area contributed by atoms with Gasteiger partial charge in [-0.25, -0.2) is 23.1 Å². The molecule has 4 aromatic rings. The Morgan fingerprint density at radius 1 is 1.20 bits per heavy atom. The Morgan fingerprint density at radius 2 is 2.00 bits per heavy atom. The molecule has 1 aliphatic carbocycles. The molecule has 41 heavy (non-hydrogen) atoms. The van der Waals surface area contributed by atoms with Crippen LogP contribution in [-0.4, -0.2) is 48.3 Å². The van der Waals surface area contributed by atoms with Crippen molar-refractivity contribution in [2.24, 2.45) is 11.8 Å². The molecule has 1 saturated carbocycles. The number of halogens is 4. The van der Waals surface area contributed by atoms with E-state index >= 15 is 0 Å². The third-order valence-electron chi connectivity index (χ3n) is 7.18. The Labute approximate surface area is 236 Å². The van der Waals surface area contributed by atoms with Crippen LogP contribution in [0.15, 0.2) is 36.8 Å². The second kappa shape index (κ2) is 10.2. The second-order valence-electron chi connectivity index (χ2n) is 10.1. The molecule has 1 N–H and O–H groups in total. The molecule has 3 aromatic heterocycles. The fraction of sp³-hybridized carbons (Fsp3) is 0.296. The Morgan fingerprint density at radius 3 is 2.71 bits per heavy atom. The van der Waals surface area contributed by atoms with E-state index in [-0.39, 0.29) is 46.3 Å². The Hall–Kier alpha value is -4.39. The SMILES string of the molecule is Cc1cc(Cn2ncc(NC(=O)c3nc(-c4c(C(F)F)ccc(Cl)c4F)cnc3C)n2)cnc1N1C[C@H]2C[C@H]2C1=O. The van der Waals surface area contributed by atoms with E-state index < -0.39 is 29.3 Å². The topological polar surface area (TPSA) is 119 Å². The van der Waals surface area contributed by atoms with Gasteiger partial charge in [0.15, 0.2) is 11.6 Å². The quantitative estimate of drug-likeness (QED) is 0.334. The molecule has 0 radical (unpaired) electrons. The number of pyridine rings is 1. The Balaban J connectivity index is 1.18. The smallest absolute Gasteiger partial charge is 0.277 e. The Kier molecular flexibility index (Phi) is 6.68. The van der Waals surface area contributed by atoms with E-state index in [2.05, 4.69) is 30.5 Å². The first-order valence-electron chi connectivity index (χ1n) is 12.7. The number of alkyl halides is 2. The van der Waals surface area contributed by atoms with Crippen molar-refractivity contribution in [2.75, 3.05) is 16.8 Å². The molecule has 2 fully saturated rings. The fourth-order valence-electron chi connectivity index (χ4n) is 5.02. The van der Waals surface area contributed by atoms with E-state index in [0.29, 0.717) is 18.3 Å². The lowest BCUT2D eigenvalue weighted by Crippen LogP contribution is -2.29. The summed E-state index contributed by atoms with van der Waals surface area (Å²) in [7, 11) is 0. The minimum atomic E-state index is -3.00. The third-order valence-corrected chi connectivity index (χ3v) is 7.47. The van der Waals surface area contributed by atoms with Crippen LogP contribution in [0, 0.1) is 31.5 Å². The number of carbonyl (C=O) groups excluding carboxylic acids is 2. The van der Waals surface area contributed by atoms with E-state index in [0.717, 1.165) is 35.9 Å². The summed E-state index contributed by atoms with van der Waals surface area (Å²) in [5.41, 5.74) is 0.221. The summed E-state index contributed by atoms with van der Waals surface area (Å²) in [6, 6.07) is 3.95. The molecule has 210 valence electrons. The number of benzene rings is 1. The van der Waals surface area contributed by atoms with Crippen LogP contribution in [0.5, 0.6) is 0 Å². The number of piperidine rings is 1. The van der Waals surface area contributed by atoms with Crippen molar-refractivity contribution in [2.45, 2.75) is 33.2 Å². The molecule has 2 aliphatic rings. The van der Waals surface area contributed by atoms with Crippen molar-refractivity contribution < 1.29 is 22.8 Å². The van der Waals surface area contributed by atoms with Crippen LogP contribution in [0.3, 0.4) is 0 Å². The van der Waals surface area contributed by atoms with E-state index in [9.17, 15) is 22.8 Å². The van der Waals surface area contributed by atoms with Gasteiger partial charge in [-0.2, -0.15) is 9.90 Å². The maximum atomic E-state index is 14.8. The summed E-state index contributed by atoms with van der Waals surface area (Å²) in [6.45, 7) is 4.35. The summed E-state index contributed by atoms with van der Waals surface area (Å²) in [5, 5.41) is 10.6. The minimum absolute atomic E-state index is 0.104. The van der Waals surface area contributed by atoms with Crippen LogP contribution < -0.4 is 10.2 Å². The number of rotatable bonds is 7. The zero-order valence-electron chi connectivity index (χ0n) is 21.8. The molecular formula is C27H22ClF3N8O2. The molecule has 14 heteroatoms. The molecular weight excluding hydrogens is 561 g/mol. The molecule has 0 unspecified atom stereocenters. The Bertz CT molecular complexity index is 1710. The first-order valence-corrected chi connectivity index (χ1v) is 13.1. The van der Waals surface area contributed by atoms with Crippen molar-refractivity contribution in [1.29, 1.82) is 0 Å². The van der Waals surface area contributed by atoms with Crippen molar-refractivity contribution in [3.63, 3.8) is 0 Å². The normalized spacial score (nSPS) is 17.7.